The Labute approximate surface area is 192 Å². The minimum absolute atomic E-state index is 0.0162. The van der Waals surface area contributed by atoms with Gasteiger partial charge in [0.05, 0.1) is 11.0 Å². The Hall–Kier alpha value is -2.90. The molecule has 0 spiro atoms. The van der Waals surface area contributed by atoms with Gasteiger partial charge >= 0.3 is 0 Å². The molecule has 2 amide bonds. The van der Waals surface area contributed by atoms with Crippen molar-refractivity contribution in [1.82, 2.24) is 19.8 Å². The summed E-state index contributed by atoms with van der Waals surface area (Å²) in [5.74, 6) is -0.234. The lowest BCUT2D eigenvalue weighted by Gasteiger charge is -2.34. The number of carbonyl (C=O) groups is 2. The molecule has 7 nitrogen and oxygen atoms in total. The molecule has 0 bridgehead atoms. The molecule has 2 heterocycles. The molecule has 1 saturated heterocycles. The zero-order valence-corrected chi connectivity index (χ0v) is 19.1. The summed E-state index contributed by atoms with van der Waals surface area (Å²) >= 11 is 5.92. The molecule has 1 aliphatic rings. The van der Waals surface area contributed by atoms with E-state index in [9.17, 15) is 9.59 Å². The van der Waals surface area contributed by atoms with Gasteiger partial charge in [-0.3, -0.25) is 9.59 Å². The number of para-hydroxylation sites is 2. The summed E-state index contributed by atoms with van der Waals surface area (Å²) in [6.45, 7) is 6.29. The van der Waals surface area contributed by atoms with Gasteiger partial charge in [0.15, 0.2) is 0 Å². The highest BCUT2D eigenvalue weighted by molar-refractivity contribution is 6.30. The molecule has 8 heteroatoms. The highest BCUT2D eigenvalue weighted by Gasteiger charge is 2.25. The Bertz CT molecular complexity index is 1100. The second-order valence-corrected chi connectivity index (χ2v) is 8.88. The summed E-state index contributed by atoms with van der Waals surface area (Å²) in [6, 6.07) is 15.0. The van der Waals surface area contributed by atoms with Crippen LogP contribution in [0.4, 0.5) is 5.69 Å². The van der Waals surface area contributed by atoms with Crippen molar-refractivity contribution in [2.45, 2.75) is 45.3 Å². The van der Waals surface area contributed by atoms with Gasteiger partial charge in [0.2, 0.25) is 11.7 Å². The molecule has 1 aliphatic heterocycles. The fourth-order valence-electron chi connectivity index (χ4n) is 4.10. The molecule has 32 heavy (non-hydrogen) atoms. The van der Waals surface area contributed by atoms with Gasteiger partial charge in [0, 0.05) is 35.9 Å². The molecule has 1 fully saturated rings. The number of fused-ring (bicyclic) bond motifs is 1. The monoisotopic (exact) mass is 453 g/mol. The largest absolute Gasteiger partial charge is 0.347 e. The van der Waals surface area contributed by atoms with E-state index in [4.69, 9.17) is 11.6 Å². The lowest BCUT2D eigenvalue weighted by atomic mass is 10.0. The van der Waals surface area contributed by atoms with Crippen molar-refractivity contribution < 1.29 is 9.59 Å². The number of imidazole rings is 1. The fraction of sp³-hybridized carbons (Fsp3) is 0.375. The number of anilines is 1. The van der Waals surface area contributed by atoms with Gasteiger partial charge in [-0.25, -0.2) is 4.98 Å². The van der Waals surface area contributed by atoms with Crippen LogP contribution in [0.1, 0.15) is 37.3 Å². The Kier molecular flexibility index (Phi) is 6.77. The van der Waals surface area contributed by atoms with Crippen LogP contribution in [0.25, 0.3) is 11.0 Å². The van der Waals surface area contributed by atoms with E-state index in [1.54, 1.807) is 28.8 Å². The van der Waals surface area contributed by atoms with Crippen molar-refractivity contribution in [3.63, 3.8) is 0 Å². The van der Waals surface area contributed by atoms with Crippen molar-refractivity contribution in [3.05, 3.63) is 59.4 Å². The van der Waals surface area contributed by atoms with E-state index >= 15 is 0 Å². The van der Waals surface area contributed by atoms with Gasteiger partial charge in [-0.15, -0.1) is 0 Å². The maximum Gasteiger partial charge on any atom is 0.287 e. The van der Waals surface area contributed by atoms with Gasteiger partial charge in [0.25, 0.3) is 5.91 Å². The fourth-order valence-corrected chi connectivity index (χ4v) is 4.22. The van der Waals surface area contributed by atoms with E-state index in [0.29, 0.717) is 22.3 Å². The molecule has 0 aliphatic carbocycles. The number of aromatic nitrogens is 2. The lowest BCUT2D eigenvalue weighted by molar-refractivity contribution is -0.116. The third-order valence-electron chi connectivity index (χ3n) is 5.88. The molecule has 0 saturated carbocycles. The first-order valence-electron chi connectivity index (χ1n) is 11.0. The predicted molar refractivity (Wildman–Crippen MR) is 127 cm³/mol. The number of piperidine rings is 1. The number of nitrogens with one attached hydrogen (secondary N) is 2. The first kappa shape index (κ1) is 22.3. The average Bonchev–Trinajstić information content (AvgIpc) is 3.14. The second-order valence-electron chi connectivity index (χ2n) is 8.44. The number of likely N-dealkylation sites (tertiary alicyclic amines) is 1. The van der Waals surface area contributed by atoms with Crippen molar-refractivity contribution in [2.75, 3.05) is 18.4 Å². The minimum Gasteiger partial charge on any atom is -0.347 e. The highest BCUT2D eigenvalue weighted by Crippen LogP contribution is 2.19. The number of amides is 2. The van der Waals surface area contributed by atoms with E-state index < -0.39 is 0 Å². The summed E-state index contributed by atoms with van der Waals surface area (Å²) < 4.78 is 1.68. The molecule has 0 atom stereocenters. The Morgan fingerprint density at radius 2 is 1.78 bits per heavy atom. The van der Waals surface area contributed by atoms with E-state index in [0.717, 1.165) is 31.4 Å². The van der Waals surface area contributed by atoms with Crippen molar-refractivity contribution >= 4 is 40.1 Å². The maximum atomic E-state index is 13.1. The molecular formula is C24H28ClN5O2. The predicted octanol–water partition coefficient (Wildman–Crippen LogP) is 3.93. The quantitative estimate of drug-likeness (QED) is 0.592. The molecule has 0 radical (unpaired) electrons. The van der Waals surface area contributed by atoms with Crippen LogP contribution in [-0.2, 0) is 11.3 Å². The van der Waals surface area contributed by atoms with Crippen molar-refractivity contribution in [2.24, 2.45) is 0 Å². The summed E-state index contributed by atoms with van der Waals surface area (Å²) in [4.78, 5) is 32.8. The zero-order valence-electron chi connectivity index (χ0n) is 18.3. The van der Waals surface area contributed by atoms with Gasteiger partial charge in [-0.2, -0.15) is 0 Å². The Morgan fingerprint density at radius 1 is 1.09 bits per heavy atom. The van der Waals surface area contributed by atoms with Crippen LogP contribution < -0.4 is 10.6 Å². The van der Waals surface area contributed by atoms with Crippen LogP contribution in [-0.4, -0.2) is 51.4 Å². The third-order valence-corrected chi connectivity index (χ3v) is 6.13. The van der Waals surface area contributed by atoms with Gasteiger partial charge in [0.1, 0.15) is 6.54 Å². The van der Waals surface area contributed by atoms with E-state index in [2.05, 4.69) is 34.4 Å². The summed E-state index contributed by atoms with van der Waals surface area (Å²) in [5.41, 5.74) is 2.08. The first-order valence-corrected chi connectivity index (χ1v) is 11.3. The second kappa shape index (κ2) is 9.71. The summed E-state index contributed by atoms with van der Waals surface area (Å²) in [7, 11) is 0. The lowest BCUT2D eigenvalue weighted by Crippen LogP contribution is -2.47. The number of hydrogen-bond acceptors (Lipinski definition) is 4. The Balaban J connectivity index is 1.50. The van der Waals surface area contributed by atoms with Crippen LogP contribution >= 0.6 is 11.6 Å². The minimum atomic E-state index is -0.247. The Morgan fingerprint density at radius 3 is 2.47 bits per heavy atom. The molecule has 2 N–H and O–H groups in total. The number of halogens is 1. The highest BCUT2D eigenvalue weighted by atomic mass is 35.5. The number of nitrogens with zero attached hydrogens (tertiary/aromatic N) is 3. The summed E-state index contributed by atoms with van der Waals surface area (Å²) in [5, 5.41) is 6.58. The van der Waals surface area contributed by atoms with E-state index in [1.165, 1.54) is 0 Å². The average molecular weight is 454 g/mol. The van der Waals surface area contributed by atoms with Gasteiger partial charge in [-0.1, -0.05) is 23.7 Å². The van der Waals surface area contributed by atoms with Crippen LogP contribution in [0.2, 0.25) is 5.02 Å². The smallest absolute Gasteiger partial charge is 0.287 e. The van der Waals surface area contributed by atoms with Crippen LogP contribution in [0, 0.1) is 0 Å². The van der Waals surface area contributed by atoms with Crippen LogP contribution in [0.15, 0.2) is 48.5 Å². The summed E-state index contributed by atoms with van der Waals surface area (Å²) in [6.07, 6.45) is 1.81. The van der Waals surface area contributed by atoms with E-state index in [-0.39, 0.29) is 30.2 Å². The van der Waals surface area contributed by atoms with Crippen LogP contribution in [0.5, 0.6) is 0 Å². The SMILES string of the molecule is CC(C)N1CCC(NC(=O)c2nc3ccccc3n2CC(=O)Nc2ccc(Cl)cc2)CC1. The standard InChI is InChI=1S/C24H28ClN5O2/c1-16(2)29-13-11-19(12-14-29)27-24(32)23-28-20-5-3-4-6-21(20)30(23)15-22(31)26-18-9-7-17(25)8-10-18/h3-10,16,19H,11-15H2,1-2H3,(H,26,31)(H,27,32). The molecule has 4 rings (SSSR count). The van der Waals surface area contributed by atoms with Gasteiger partial charge in [-0.05, 0) is 63.1 Å². The molecule has 1 aromatic heterocycles. The topological polar surface area (TPSA) is 79.3 Å². The maximum absolute atomic E-state index is 13.1. The molecule has 2 aromatic carbocycles. The number of benzene rings is 2. The first-order chi connectivity index (χ1) is 15.4. The number of hydrogen-bond donors (Lipinski definition) is 2. The number of carbonyl (C=O) groups excluding carboxylic acids is 2. The van der Waals surface area contributed by atoms with Crippen molar-refractivity contribution in [3.8, 4) is 0 Å². The zero-order chi connectivity index (χ0) is 22.7. The van der Waals surface area contributed by atoms with Gasteiger partial charge < -0.3 is 20.1 Å². The molecule has 168 valence electrons. The number of rotatable bonds is 6. The van der Waals surface area contributed by atoms with Crippen molar-refractivity contribution in [1.29, 1.82) is 0 Å². The third kappa shape index (κ3) is 5.11. The molecular weight excluding hydrogens is 426 g/mol. The van der Waals surface area contributed by atoms with E-state index in [1.807, 2.05) is 24.3 Å². The van der Waals surface area contributed by atoms with Crippen LogP contribution in [0.3, 0.4) is 0 Å². The molecule has 0 unspecified atom stereocenters. The normalized spacial score (nSPS) is 15.2. The molecule has 3 aromatic rings.